The summed E-state index contributed by atoms with van der Waals surface area (Å²) in [5, 5.41) is 20.2. The van der Waals surface area contributed by atoms with Crippen molar-refractivity contribution in [1.29, 1.82) is 5.26 Å². The van der Waals surface area contributed by atoms with Gasteiger partial charge in [0.15, 0.2) is 11.5 Å². The molecule has 150 valence electrons. The Morgan fingerprint density at radius 1 is 1.10 bits per heavy atom. The van der Waals surface area contributed by atoms with Crippen LogP contribution in [0.1, 0.15) is 55.2 Å². The summed E-state index contributed by atoms with van der Waals surface area (Å²) >= 11 is 0. The van der Waals surface area contributed by atoms with Crippen LogP contribution in [-0.2, 0) is 6.42 Å². The molecule has 2 aliphatic rings. The van der Waals surface area contributed by atoms with Crippen molar-refractivity contribution in [1.82, 2.24) is 0 Å². The number of phenols is 1. The maximum atomic E-state index is 10.5. The zero-order chi connectivity index (χ0) is 20.4. The number of nitriles is 1. The monoisotopic (exact) mass is 392 g/mol. The molecule has 2 heterocycles. The molecule has 0 bridgehead atoms. The zero-order valence-electron chi connectivity index (χ0n) is 16.4. The van der Waals surface area contributed by atoms with Gasteiger partial charge in [0.25, 0.3) is 0 Å². The summed E-state index contributed by atoms with van der Waals surface area (Å²) < 4.78 is 16.6. The van der Waals surface area contributed by atoms with E-state index in [0.29, 0.717) is 22.8 Å². The first kappa shape index (κ1) is 19.0. The Morgan fingerprint density at radius 2 is 1.93 bits per heavy atom. The molecule has 0 radical (unpaired) electrons. The van der Waals surface area contributed by atoms with Gasteiger partial charge in [0.05, 0.1) is 5.92 Å². The molecule has 6 nitrogen and oxygen atoms in total. The number of phenolic OH excluding ortho intramolecular Hbond substituents is 1. The lowest BCUT2D eigenvalue weighted by Crippen LogP contribution is -2.21. The first-order chi connectivity index (χ1) is 14.1. The number of benzene rings is 2. The average molecular weight is 392 g/mol. The van der Waals surface area contributed by atoms with Crippen molar-refractivity contribution in [3.8, 4) is 29.1 Å². The summed E-state index contributed by atoms with van der Waals surface area (Å²) in [5.41, 5.74) is 8.92. The van der Waals surface area contributed by atoms with Crippen LogP contribution in [0.2, 0.25) is 0 Å². The highest BCUT2D eigenvalue weighted by Gasteiger charge is 2.32. The molecule has 3 N–H and O–H groups in total. The Hall–Kier alpha value is -3.33. The smallest absolute Gasteiger partial charge is 0.231 e. The molecule has 0 aromatic heterocycles. The van der Waals surface area contributed by atoms with Gasteiger partial charge in [-0.05, 0) is 42.2 Å². The van der Waals surface area contributed by atoms with E-state index in [0.717, 1.165) is 42.4 Å². The third-order valence-corrected chi connectivity index (χ3v) is 5.45. The molecule has 4 rings (SSSR count). The van der Waals surface area contributed by atoms with E-state index in [1.165, 1.54) is 6.42 Å². The molecule has 0 spiro atoms. The lowest BCUT2D eigenvalue weighted by atomic mass is 9.82. The van der Waals surface area contributed by atoms with Gasteiger partial charge >= 0.3 is 0 Å². The van der Waals surface area contributed by atoms with E-state index in [1.807, 2.05) is 24.3 Å². The predicted octanol–water partition coefficient (Wildman–Crippen LogP) is 4.46. The maximum Gasteiger partial charge on any atom is 0.231 e. The Balaban J connectivity index is 1.75. The van der Waals surface area contributed by atoms with Gasteiger partial charge in [-0.15, -0.1) is 0 Å². The fourth-order valence-electron chi connectivity index (χ4n) is 3.92. The van der Waals surface area contributed by atoms with E-state index < -0.39 is 5.92 Å². The Morgan fingerprint density at radius 3 is 2.72 bits per heavy atom. The molecular formula is C23H24N2O4. The molecular weight excluding hydrogens is 368 g/mol. The van der Waals surface area contributed by atoms with E-state index in [9.17, 15) is 10.4 Å². The first-order valence-electron chi connectivity index (χ1n) is 9.95. The Bertz CT molecular complexity index is 1010. The quantitative estimate of drug-likeness (QED) is 0.704. The number of hydrogen-bond donors (Lipinski definition) is 2. The topological polar surface area (TPSA) is 97.7 Å². The molecule has 2 aliphatic heterocycles. The third kappa shape index (κ3) is 3.56. The van der Waals surface area contributed by atoms with Crippen molar-refractivity contribution in [2.75, 3.05) is 6.79 Å². The highest BCUT2D eigenvalue weighted by molar-refractivity contribution is 5.60. The van der Waals surface area contributed by atoms with Crippen molar-refractivity contribution < 1.29 is 19.3 Å². The highest BCUT2D eigenvalue weighted by Crippen LogP contribution is 2.46. The zero-order valence-corrected chi connectivity index (χ0v) is 16.4. The van der Waals surface area contributed by atoms with E-state index in [2.05, 4.69) is 13.0 Å². The minimum absolute atomic E-state index is 0.0535. The second kappa shape index (κ2) is 7.96. The normalized spacial score (nSPS) is 16.9. The average Bonchev–Trinajstić information content (AvgIpc) is 3.18. The van der Waals surface area contributed by atoms with Crippen molar-refractivity contribution >= 4 is 0 Å². The third-order valence-electron chi connectivity index (χ3n) is 5.45. The molecule has 0 saturated heterocycles. The molecule has 0 fully saturated rings. The van der Waals surface area contributed by atoms with E-state index in [1.54, 1.807) is 6.07 Å². The Kier molecular flexibility index (Phi) is 5.22. The van der Waals surface area contributed by atoms with Crippen molar-refractivity contribution in [3.05, 3.63) is 58.5 Å². The number of fused-ring (bicyclic) bond motifs is 2. The summed E-state index contributed by atoms with van der Waals surface area (Å²) in [6.45, 7) is 2.35. The van der Waals surface area contributed by atoms with Gasteiger partial charge in [0.2, 0.25) is 12.7 Å². The number of allylic oxidation sites excluding steroid dienone is 1. The number of nitrogens with two attached hydrogens (primary N) is 1. The van der Waals surface area contributed by atoms with Crippen LogP contribution in [0.5, 0.6) is 23.0 Å². The van der Waals surface area contributed by atoms with Gasteiger partial charge in [-0.3, -0.25) is 0 Å². The summed E-state index contributed by atoms with van der Waals surface area (Å²) in [6.07, 6.45) is 5.22. The van der Waals surface area contributed by atoms with Crippen LogP contribution in [0.3, 0.4) is 0 Å². The van der Waals surface area contributed by atoms with Crippen molar-refractivity contribution in [2.24, 2.45) is 5.73 Å². The summed E-state index contributed by atoms with van der Waals surface area (Å²) in [5.74, 6) is 1.65. The minimum atomic E-state index is -0.395. The second-order valence-corrected chi connectivity index (χ2v) is 7.37. The minimum Gasteiger partial charge on any atom is -0.508 e. The van der Waals surface area contributed by atoms with Crippen LogP contribution in [0, 0.1) is 11.3 Å². The fourth-order valence-corrected chi connectivity index (χ4v) is 3.92. The van der Waals surface area contributed by atoms with E-state index in [-0.39, 0.29) is 18.4 Å². The number of aryl methyl sites for hydroxylation is 1. The van der Waals surface area contributed by atoms with Crippen LogP contribution in [0.4, 0.5) is 0 Å². The highest BCUT2D eigenvalue weighted by atomic mass is 16.7. The van der Waals surface area contributed by atoms with Crippen LogP contribution in [0.25, 0.3) is 0 Å². The molecule has 1 atom stereocenters. The molecule has 2 aromatic rings. The van der Waals surface area contributed by atoms with Gasteiger partial charge in [-0.1, -0.05) is 32.3 Å². The summed E-state index contributed by atoms with van der Waals surface area (Å²) in [7, 11) is 0. The van der Waals surface area contributed by atoms with E-state index >= 15 is 0 Å². The van der Waals surface area contributed by atoms with Crippen LogP contribution in [-0.4, -0.2) is 11.9 Å². The number of ether oxygens (including phenoxy) is 3. The molecule has 29 heavy (non-hydrogen) atoms. The summed E-state index contributed by atoms with van der Waals surface area (Å²) in [4.78, 5) is 0. The first-order valence-corrected chi connectivity index (χ1v) is 9.95. The van der Waals surface area contributed by atoms with Gasteiger partial charge in [0, 0.05) is 11.6 Å². The van der Waals surface area contributed by atoms with Crippen molar-refractivity contribution in [3.63, 3.8) is 0 Å². The predicted molar refractivity (Wildman–Crippen MR) is 108 cm³/mol. The van der Waals surface area contributed by atoms with E-state index in [4.69, 9.17) is 19.9 Å². The standard InChI is InChI=1S/C23H24N2O4/c1-2-3-4-5-6-14-9-16-20(11-18(14)26)29-23(25)17(12-24)22(16)15-7-8-19-21(10-15)28-13-27-19/h7-11,22,26H,2-6,13,25H2,1H3. The largest absolute Gasteiger partial charge is 0.508 e. The van der Waals surface area contributed by atoms with Crippen LogP contribution >= 0.6 is 0 Å². The lowest BCUT2D eigenvalue weighted by Gasteiger charge is -2.27. The lowest BCUT2D eigenvalue weighted by molar-refractivity contribution is 0.174. The number of aromatic hydroxyl groups is 1. The van der Waals surface area contributed by atoms with Gasteiger partial charge in [-0.25, -0.2) is 0 Å². The number of hydrogen-bond acceptors (Lipinski definition) is 6. The molecule has 0 aliphatic carbocycles. The van der Waals surface area contributed by atoms with Gasteiger partial charge in [-0.2, -0.15) is 5.26 Å². The molecule has 0 saturated carbocycles. The van der Waals surface area contributed by atoms with Crippen LogP contribution in [0.15, 0.2) is 41.8 Å². The molecule has 0 amide bonds. The van der Waals surface area contributed by atoms with Gasteiger partial charge in [0.1, 0.15) is 23.1 Å². The summed E-state index contributed by atoms with van der Waals surface area (Å²) in [6, 6.07) is 11.4. The van der Waals surface area contributed by atoms with Crippen LogP contribution < -0.4 is 19.9 Å². The Labute approximate surface area is 170 Å². The maximum absolute atomic E-state index is 10.5. The van der Waals surface area contributed by atoms with Crippen molar-refractivity contribution in [2.45, 2.75) is 44.9 Å². The second-order valence-electron chi connectivity index (χ2n) is 7.37. The number of nitrogens with zero attached hydrogens (tertiary/aromatic N) is 1. The SMILES string of the molecule is CCCCCCc1cc2c(cc1O)OC(N)=C(C#N)C2c1ccc2c(c1)OCO2. The number of rotatable bonds is 6. The molecule has 1 unspecified atom stereocenters. The molecule has 2 aromatic carbocycles. The molecule has 6 heteroatoms. The number of unbranched alkanes of at least 4 members (excludes halogenated alkanes) is 3. The fraction of sp³-hybridized carbons (Fsp3) is 0.348. The van der Waals surface area contributed by atoms with Gasteiger partial charge < -0.3 is 25.1 Å².